The normalized spacial score (nSPS) is 16.0. The molecule has 1 heterocycles. The Kier molecular flexibility index (Phi) is 5.46. The first-order valence-electron chi connectivity index (χ1n) is 8.39. The fourth-order valence-corrected chi connectivity index (χ4v) is 2.75. The number of hydrogen-bond acceptors (Lipinski definition) is 4. The van der Waals surface area contributed by atoms with E-state index in [0.717, 1.165) is 16.7 Å². The summed E-state index contributed by atoms with van der Waals surface area (Å²) in [5, 5.41) is 2.84. The molecule has 0 aromatic heterocycles. The third kappa shape index (κ3) is 4.25. The zero-order valence-electron chi connectivity index (χ0n) is 14.2. The van der Waals surface area contributed by atoms with E-state index in [-0.39, 0.29) is 5.91 Å². The SMILES string of the molecule is CCOCc1ccc(CNC(=O)[C@H]2Cc3ccccc3C(=O)O2)cc1. The minimum Gasteiger partial charge on any atom is -0.448 e. The third-order valence-corrected chi connectivity index (χ3v) is 4.15. The zero-order chi connectivity index (χ0) is 17.6. The van der Waals surface area contributed by atoms with Crippen molar-refractivity contribution in [2.45, 2.75) is 32.6 Å². The molecule has 0 aliphatic carbocycles. The van der Waals surface area contributed by atoms with Crippen LogP contribution in [0.5, 0.6) is 0 Å². The molecule has 0 saturated carbocycles. The van der Waals surface area contributed by atoms with Gasteiger partial charge in [0.15, 0.2) is 6.10 Å². The highest BCUT2D eigenvalue weighted by atomic mass is 16.5. The number of cyclic esters (lactones) is 1. The van der Waals surface area contributed by atoms with Crippen molar-refractivity contribution in [1.82, 2.24) is 5.32 Å². The third-order valence-electron chi connectivity index (χ3n) is 4.15. The van der Waals surface area contributed by atoms with Crippen molar-refractivity contribution in [3.8, 4) is 0 Å². The Morgan fingerprint density at radius 1 is 1.16 bits per heavy atom. The second-order valence-corrected chi connectivity index (χ2v) is 5.93. The van der Waals surface area contributed by atoms with Crippen LogP contribution < -0.4 is 5.32 Å². The molecule has 25 heavy (non-hydrogen) atoms. The lowest BCUT2D eigenvalue weighted by Gasteiger charge is -2.23. The van der Waals surface area contributed by atoms with Crippen LogP contribution in [-0.2, 0) is 33.8 Å². The molecule has 0 saturated heterocycles. The van der Waals surface area contributed by atoms with E-state index in [4.69, 9.17) is 9.47 Å². The average Bonchev–Trinajstić information content (AvgIpc) is 2.65. The minimum absolute atomic E-state index is 0.277. The van der Waals surface area contributed by atoms with E-state index in [1.54, 1.807) is 12.1 Å². The van der Waals surface area contributed by atoms with E-state index in [1.807, 2.05) is 43.3 Å². The predicted molar refractivity (Wildman–Crippen MR) is 93.0 cm³/mol. The van der Waals surface area contributed by atoms with Gasteiger partial charge in [0.1, 0.15) is 0 Å². The van der Waals surface area contributed by atoms with Gasteiger partial charge in [-0.15, -0.1) is 0 Å². The second kappa shape index (κ2) is 7.94. The Balaban J connectivity index is 1.55. The molecule has 0 fully saturated rings. The first kappa shape index (κ1) is 17.2. The topological polar surface area (TPSA) is 64.6 Å². The maximum absolute atomic E-state index is 12.3. The second-order valence-electron chi connectivity index (χ2n) is 5.93. The molecular formula is C20H21NO4. The lowest BCUT2D eigenvalue weighted by molar-refractivity contribution is -0.130. The highest BCUT2D eigenvalue weighted by Gasteiger charge is 2.30. The Bertz CT molecular complexity index is 755. The number of amides is 1. The standard InChI is InChI=1S/C20H21NO4/c1-2-24-13-15-9-7-14(8-10-15)12-21-19(22)18-11-16-5-3-4-6-17(16)20(23)25-18/h3-10,18H,2,11-13H2,1H3,(H,21,22)/t18-/m1/s1. The number of carbonyl (C=O) groups is 2. The van der Waals surface area contributed by atoms with Crippen molar-refractivity contribution in [2.24, 2.45) is 0 Å². The number of fused-ring (bicyclic) bond motifs is 1. The summed E-state index contributed by atoms with van der Waals surface area (Å²) in [4.78, 5) is 24.3. The fourth-order valence-electron chi connectivity index (χ4n) is 2.75. The van der Waals surface area contributed by atoms with Gasteiger partial charge in [-0.05, 0) is 29.7 Å². The van der Waals surface area contributed by atoms with Crippen LogP contribution in [0.3, 0.4) is 0 Å². The molecule has 1 atom stereocenters. The number of benzene rings is 2. The summed E-state index contributed by atoms with van der Waals surface area (Å²) in [7, 11) is 0. The van der Waals surface area contributed by atoms with Crippen LogP contribution in [0, 0.1) is 0 Å². The van der Waals surface area contributed by atoms with Crippen molar-refractivity contribution >= 4 is 11.9 Å². The molecule has 1 aliphatic heterocycles. The van der Waals surface area contributed by atoms with E-state index >= 15 is 0 Å². The Morgan fingerprint density at radius 2 is 1.88 bits per heavy atom. The molecule has 0 radical (unpaired) electrons. The van der Waals surface area contributed by atoms with Gasteiger partial charge in [-0.3, -0.25) is 4.79 Å². The van der Waals surface area contributed by atoms with Crippen LogP contribution >= 0.6 is 0 Å². The summed E-state index contributed by atoms with van der Waals surface area (Å²) in [6, 6.07) is 15.1. The predicted octanol–water partition coefficient (Wildman–Crippen LogP) is 2.62. The van der Waals surface area contributed by atoms with Crippen LogP contribution in [-0.4, -0.2) is 24.6 Å². The first-order valence-corrected chi connectivity index (χ1v) is 8.39. The summed E-state index contributed by atoms with van der Waals surface area (Å²) < 4.78 is 10.6. The van der Waals surface area contributed by atoms with E-state index in [2.05, 4.69) is 5.32 Å². The molecule has 3 rings (SSSR count). The first-order chi connectivity index (χ1) is 12.2. The highest BCUT2D eigenvalue weighted by molar-refractivity contribution is 5.95. The Hall–Kier alpha value is -2.66. The number of rotatable bonds is 6. The van der Waals surface area contributed by atoms with Crippen LogP contribution in [0.1, 0.15) is 34.0 Å². The molecule has 2 aromatic rings. The number of ether oxygens (including phenoxy) is 2. The van der Waals surface area contributed by atoms with Gasteiger partial charge in [0.2, 0.25) is 0 Å². The number of hydrogen-bond donors (Lipinski definition) is 1. The molecule has 2 aromatic carbocycles. The lowest BCUT2D eigenvalue weighted by atomic mass is 9.98. The maximum Gasteiger partial charge on any atom is 0.339 e. The van der Waals surface area contributed by atoms with E-state index in [1.165, 1.54) is 0 Å². The number of carbonyl (C=O) groups excluding carboxylic acids is 2. The minimum atomic E-state index is -0.778. The fraction of sp³-hybridized carbons (Fsp3) is 0.300. The number of nitrogens with one attached hydrogen (secondary N) is 1. The summed E-state index contributed by atoms with van der Waals surface area (Å²) in [5.41, 5.74) is 3.46. The molecule has 1 aliphatic rings. The van der Waals surface area contributed by atoms with Gasteiger partial charge >= 0.3 is 5.97 Å². The molecule has 5 heteroatoms. The van der Waals surface area contributed by atoms with Gasteiger partial charge in [-0.1, -0.05) is 42.5 Å². The quantitative estimate of drug-likeness (QED) is 0.822. The molecule has 5 nitrogen and oxygen atoms in total. The molecule has 1 amide bonds. The monoisotopic (exact) mass is 339 g/mol. The van der Waals surface area contributed by atoms with E-state index < -0.39 is 12.1 Å². The lowest BCUT2D eigenvalue weighted by Crippen LogP contribution is -2.41. The van der Waals surface area contributed by atoms with Gasteiger partial charge in [-0.2, -0.15) is 0 Å². The van der Waals surface area contributed by atoms with Gasteiger partial charge in [0.05, 0.1) is 12.2 Å². The zero-order valence-corrected chi connectivity index (χ0v) is 14.2. The van der Waals surface area contributed by atoms with Gasteiger partial charge in [-0.25, -0.2) is 4.79 Å². The van der Waals surface area contributed by atoms with Crippen molar-refractivity contribution < 1.29 is 19.1 Å². The van der Waals surface area contributed by atoms with E-state index in [0.29, 0.717) is 31.7 Å². The summed E-state index contributed by atoms with van der Waals surface area (Å²) >= 11 is 0. The highest BCUT2D eigenvalue weighted by Crippen LogP contribution is 2.20. The van der Waals surface area contributed by atoms with Gasteiger partial charge < -0.3 is 14.8 Å². The molecule has 0 bridgehead atoms. The average molecular weight is 339 g/mol. The summed E-state index contributed by atoms with van der Waals surface area (Å²) in [6.45, 7) is 3.62. The summed E-state index contributed by atoms with van der Waals surface area (Å²) in [6.07, 6.45) is -0.374. The Morgan fingerprint density at radius 3 is 2.64 bits per heavy atom. The van der Waals surface area contributed by atoms with E-state index in [9.17, 15) is 9.59 Å². The van der Waals surface area contributed by atoms with Crippen LogP contribution in [0.2, 0.25) is 0 Å². The molecule has 0 spiro atoms. The van der Waals surface area contributed by atoms with Crippen molar-refractivity contribution in [2.75, 3.05) is 6.61 Å². The maximum atomic E-state index is 12.3. The summed E-state index contributed by atoms with van der Waals surface area (Å²) in [5.74, 6) is -0.719. The van der Waals surface area contributed by atoms with Gasteiger partial charge in [0, 0.05) is 19.6 Å². The molecular weight excluding hydrogens is 318 g/mol. The largest absolute Gasteiger partial charge is 0.448 e. The van der Waals surface area contributed by atoms with Crippen molar-refractivity contribution in [3.63, 3.8) is 0 Å². The molecule has 130 valence electrons. The smallest absolute Gasteiger partial charge is 0.339 e. The van der Waals surface area contributed by atoms with Crippen LogP contribution in [0.15, 0.2) is 48.5 Å². The van der Waals surface area contributed by atoms with Crippen LogP contribution in [0.25, 0.3) is 0 Å². The van der Waals surface area contributed by atoms with Crippen molar-refractivity contribution in [3.05, 3.63) is 70.8 Å². The van der Waals surface area contributed by atoms with Crippen LogP contribution in [0.4, 0.5) is 0 Å². The van der Waals surface area contributed by atoms with Crippen molar-refractivity contribution in [1.29, 1.82) is 0 Å². The Labute approximate surface area is 147 Å². The van der Waals surface area contributed by atoms with Gasteiger partial charge in [0.25, 0.3) is 5.91 Å². The number of esters is 1. The molecule has 0 unspecified atom stereocenters. The molecule has 1 N–H and O–H groups in total.